The van der Waals surface area contributed by atoms with Crippen LogP contribution in [-0.2, 0) is 22.9 Å². The lowest BCUT2D eigenvalue weighted by Crippen LogP contribution is -2.54. The molecule has 1 aliphatic carbocycles. The number of nitrogens with zero attached hydrogens (tertiary/aromatic N) is 4. The Labute approximate surface area is 157 Å². The van der Waals surface area contributed by atoms with Crippen molar-refractivity contribution in [2.24, 2.45) is 0 Å². The predicted molar refractivity (Wildman–Crippen MR) is 88.6 cm³/mol. The van der Waals surface area contributed by atoms with Gasteiger partial charge in [-0.15, -0.1) is 9.67 Å². The van der Waals surface area contributed by atoms with Crippen molar-refractivity contribution in [2.45, 2.75) is 50.2 Å². The van der Waals surface area contributed by atoms with Crippen LogP contribution in [0.2, 0.25) is 0 Å². The van der Waals surface area contributed by atoms with Crippen molar-refractivity contribution in [2.75, 3.05) is 0 Å². The largest absolute Gasteiger partial charge is 0.596 e. The molecule has 2 aromatic rings. The van der Waals surface area contributed by atoms with E-state index in [4.69, 9.17) is 6.57 Å². The Morgan fingerprint density at radius 3 is 2.57 bits per heavy atom. The summed E-state index contributed by atoms with van der Waals surface area (Å²) < 4.78 is 54.0. The van der Waals surface area contributed by atoms with Crippen LogP contribution >= 0.6 is 0 Å². The molecule has 1 fully saturated rings. The summed E-state index contributed by atoms with van der Waals surface area (Å²) in [5.41, 5.74) is -2.54. The minimum Gasteiger partial charge on any atom is -0.596 e. The third-order valence-corrected chi connectivity index (χ3v) is 5.03. The van der Waals surface area contributed by atoms with E-state index in [0.29, 0.717) is 31.9 Å². The molecule has 2 heterocycles. The first-order chi connectivity index (χ1) is 13.2. The van der Waals surface area contributed by atoms with Gasteiger partial charge in [0.05, 0.1) is 5.56 Å². The molecular formula is C18H16F4N4O2. The summed E-state index contributed by atoms with van der Waals surface area (Å²) in [4.78, 5) is 19.6. The summed E-state index contributed by atoms with van der Waals surface area (Å²) in [7, 11) is 0. The lowest BCUT2D eigenvalue weighted by molar-refractivity contribution is -0.701. The number of carbonyl (C=O) groups excluding carboxylic acids is 1. The number of halogens is 4. The molecular weight excluding hydrogens is 380 g/mol. The molecule has 1 saturated carbocycles. The zero-order valence-corrected chi connectivity index (χ0v) is 14.7. The molecule has 1 aliphatic rings. The molecule has 0 aliphatic heterocycles. The van der Waals surface area contributed by atoms with Crippen LogP contribution in [0.3, 0.4) is 0 Å². The average Bonchev–Trinajstić information content (AvgIpc) is 3.00. The zero-order chi connectivity index (χ0) is 20.5. The maximum Gasteiger partial charge on any atom is 0.409 e. The number of carbonyl (C=O) groups is 1. The van der Waals surface area contributed by atoms with Gasteiger partial charge in [-0.25, -0.2) is 0 Å². The molecule has 0 saturated heterocycles. The van der Waals surface area contributed by atoms with Gasteiger partial charge < -0.3 is 10.1 Å². The van der Waals surface area contributed by atoms with Crippen LogP contribution in [0.1, 0.15) is 43.2 Å². The number of alkyl halides is 3. The van der Waals surface area contributed by atoms with E-state index in [0.717, 1.165) is 29.6 Å². The summed E-state index contributed by atoms with van der Waals surface area (Å²) in [6.07, 6.45) is 0.210. The second-order valence-electron chi connectivity index (χ2n) is 6.81. The Hall–Kier alpha value is -2.96. The highest BCUT2D eigenvalue weighted by Crippen LogP contribution is 2.38. The highest BCUT2D eigenvalue weighted by Gasteiger charge is 2.45. The molecule has 0 amide bonds. The molecule has 10 heteroatoms. The summed E-state index contributed by atoms with van der Waals surface area (Å²) in [6, 6.07) is 0.732. The van der Waals surface area contributed by atoms with Gasteiger partial charge in [0.2, 0.25) is 12.0 Å². The van der Waals surface area contributed by atoms with E-state index in [1.807, 2.05) is 0 Å². The quantitative estimate of drug-likeness (QED) is 0.343. The number of hydrogen-bond acceptors (Lipinski definition) is 3. The molecule has 0 unspecified atom stereocenters. The van der Waals surface area contributed by atoms with Gasteiger partial charge >= 0.3 is 6.18 Å². The topological polar surface area (TPSA) is 66.2 Å². The zero-order valence-electron chi connectivity index (χ0n) is 14.7. The summed E-state index contributed by atoms with van der Waals surface area (Å²) in [5.74, 6) is -2.07. The maximum absolute atomic E-state index is 13.6. The van der Waals surface area contributed by atoms with E-state index in [2.05, 4.69) is 9.83 Å². The lowest BCUT2D eigenvalue weighted by atomic mass is 9.77. The van der Waals surface area contributed by atoms with Gasteiger partial charge in [-0.2, -0.15) is 17.6 Å². The van der Waals surface area contributed by atoms with Gasteiger partial charge in [0.25, 0.3) is 5.82 Å². The highest BCUT2D eigenvalue weighted by molar-refractivity contribution is 5.88. The molecule has 2 aromatic heterocycles. The van der Waals surface area contributed by atoms with E-state index < -0.39 is 41.1 Å². The standard InChI is InChI=1S/C18H16F4N4O2/c1-23-16-14(18(20,21)22)7-12(9-24-16)8-15(27)17(5-3-2-4-6-17)25-10-13(19)11-26(25)28/h7,9-11H,2-6,8H2. The number of Topliss-reactive ketones (excluding diaryl/α,β-unsaturated/α-hetero) is 1. The van der Waals surface area contributed by atoms with Crippen LogP contribution in [0, 0.1) is 17.6 Å². The van der Waals surface area contributed by atoms with Crippen molar-refractivity contribution in [1.29, 1.82) is 0 Å². The molecule has 0 bridgehead atoms. The smallest absolute Gasteiger partial charge is 0.409 e. The second kappa shape index (κ2) is 7.22. The monoisotopic (exact) mass is 396 g/mol. The van der Waals surface area contributed by atoms with E-state index in [9.17, 15) is 27.6 Å². The molecule has 0 atom stereocenters. The van der Waals surface area contributed by atoms with Crippen molar-refractivity contribution >= 4 is 11.6 Å². The van der Waals surface area contributed by atoms with Crippen molar-refractivity contribution in [3.8, 4) is 0 Å². The maximum atomic E-state index is 13.6. The molecule has 0 spiro atoms. The van der Waals surface area contributed by atoms with Crippen molar-refractivity contribution in [1.82, 2.24) is 9.67 Å². The van der Waals surface area contributed by atoms with Crippen LogP contribution < -0.4 is 4.85 Å². The van der Waals surface area contributed by atoms with Gasteiger partial charge in [0, 0.05) is 12.0 Å². The first-order valence-corrected chi connectivity index (χ1v) is 8.62. The molecule has 0 radical (unpaired) electrons. The summed E-state index contributed by atoms with van der Waals surface area (Å²) >= 11 is 0. The van der Waals surface area contributed by atoms with Crippen LogP contribution in [0.15, 0.2) is 24.7 Å². The van der Waals surface area contributed by atoms with Gasteiger partial charge in [0.1, 0.15) is 12.4 Å². The van der Waals surface area contributed by atoms with Crippen LogP contribution in [0.25, 0.3) is 4.85 Å². The van der Waals surface area contributed by atoms with Gasteiger partial charge in [-0.3, -0.25) is 4.79 Å². The van der Waals surface area contributed by atoms with Crippen molar-refractivity contribution in [3.63, 3.8) is 0 Å². The third-order valence-electron chi connectivity index (χ3n) is 5.03. The third kappa shape index (κ3) is 3.56. The number of pyridine rings is 1. The van der Waals surface area contributed by atoms with Crippen LogP contribution in [0.4, 0.5) is 23.4 Å². The minimum atomic E-state index is -4.78. The molecule has 0 N–H and O–H groups in total. The average molecular weight is 396 g/mol. The first-order valence-electron chi connectivity index (χ1n) is 8.62. The fourth-order valence-corrected chi connectivity index (χ4v) is 3.70. The fourth-order valence-electron chi connectivity index (χ4n) is 3.70. The number of aromatic nitrogens is 3. The Morgan fingerprint density at radius 2 is 2.04 bits per heavy atom. The Morgan fingerprint density at radius 1 is 1.36 bits per heavy atom. The minimum absolute atomic E-state index is 0.0141. The van der Waals surface area contributed by atoms with Crippen LogP contribution in [-0.4, -0.2) is 15.4 Å². The van der Waals surface area contributed by atoms with E-state index in [1.165, 1.54) is 0 Å². The fraction of sp³-hybridized carbons (Fsp3) is 0.444. The summed E-state index contributed by atoms with van der Waals surface area (Å²) in [6.45, 7) is 6.83. The predicted octanol–water partition coefficient (Wildman–Crippen LogP) is 3.70. The van der Waals surface area contributed by atoms with Crippen molar-refractivity contribution < 1.29 is 27.2 Å². The molecule has 3 rings (SSSR count). The lowest BCUT2D eigenvalue weighted by Gasteiger charge is -2.34. The molecule has 0 aromatic carbocycles. The Kier molecular flexibility index (Phi) is 5.10. The van der Waals surface area contributed by atoms with E-state index >= 15 is 0 Å². The number of hydrogen-bond donors (Lipinski definition) is 0. The van der Waals surface area contributed by atoms with Gasteiger partial charge in [-0.1, -0.05) is 36.7 Å². The Balaban J connectivity index is 1.98. The molecule has 6 nitrogen and oxygen atoms in total. The first kappa shape index (κ1) is 19.8. The normalized spacial score (nSPS) is 16.5. The summed E-state index contributed by atoms with van der Waals surface area (Å²) in [5, 5.41) is 12.1. The van der Waals surface area contributed by atoms with Crippen molar-refractivity contribution in [3.05, 3.63) is 58.2 Å². The number of ketones is 1. The highest BCUT2D eigenvalue weighted by atomic mass is 19.4. The Bertz CT molecular complexity index is 940. The SMILES string of the molecule is [C-]#[N+]c1ncc(CC(=O)C2(n3cc(F)c[n+]3[O-])CCCCC2)cc1C(F)(F)F. The van der Waals surface area contributed by atoms with Gasteiger partial charge in [0.15, 0.2) is 11.3 Å². The molecule has 148 valence electrons. The van der Waals surface area contributed by atoms with E-state index in [-0.39, 0.29) is 10.4 Å². The van der Waals surface area contributed by atoms with E-state index in [1.54, 1.807) is 0 Å². The van der Waals surface area contributed by atoms with Gasteiger partial charge in [-0.05, 0) is 12.8 Å². The second-order valence-corrected chi connectivity index (χ2v) is 6.81. The van der Waals surface area contributed by atoms with Crippen LogP contribution in [0.5, 0.6) is 0 Å². The number of rotatable bonds is 4. The molecule has 28 heavy (non-hydrogen) atoms.